The zero-order valence-corrected chi connectivity index (χ0v) is 11.7. The van der Waals surface area contributed by atoms with E-state index in [0.29, 0.717) is 32.2 Å². The highest BCUT2D eigenvalue weighted by molar-refractivity contribution is 5.84. The molecular weight excluding hydrogens is 285 g/mol. The van der Waals surface area contributed by atoms with E-state index in [1.807, 2.05) is 6.92 Å². The van der Waals surface area contributed by atoms with Crippen LogP contribution in [-0.2, 0) is 11.0 Å². The van der Waals surface area contributed by atoms with Crippen LogP contribution < -0.4 is 4.90 Å². The second-order valence-electron chi connectivity index (χ2n) is 5.24. The molecule has 0 aliphatic carbocycles. The number of halogens is 3. The van der Waals surface area contributed by atoms with E-state index in [9.17, 15) is 23.1 Å². The molecule has 0 spiro atoms. The Bertz CT molecular complexity index is 533. The lowest BCUT2D eigenvalue weighted by molar-refractivity contribution is -0.143. The fourth-order valence-corrected chi connectivity index (χ4v) is 2.96. The second kappa shape index (κ2) is 5.54. The summed E-state index contributed by atoms with van der Waals surface area (Å²) >= 11 is 0. The average molecular weight is 302 g/mol. The van der Waals surface area contributed by atoms with Crippen molar-refractivity contribution < 1.29 is 23.1 Å². The van der Waals surface area contributed by atoms with Crippen LogP contribution in [0.15, 0.2) is 18.3 Å². The maximum absolute atomic E-state index is 12.8. The number of carboxylic acids is 1. The molecule has 1 aromatic heterocycles. The number of nitrogens with zero attached hydrogens (tertiary/aromatic N) is 2. The van der Waals surface area contributed by atoms with Gasteiger partial charge in [0.05, 0.1) is 5.56 Å². The standard InChI is InChI=1S/C14H17F3N2O2/c1-2-5-13(12(20)21)6-3-8-19(13)11-9-10(4-7-18-11)14(15,16)17/h4,7,9H,2-3,5-6,8H2,1H3,(H,20,21). The lowest BCUT2D eigenvalue weighted by atomic mass is 9.90. The zero-order chi connectivity index (χ0) is 15.7. The van der Waals surface area contributed by atoms with E-state index >= 15 is 0 Å². The van der Waals surface area contributed by atoms with Crippen LogP contribution in [0.4, 0.5) is 19.0 Å². The molecule has 1 fully saturated rings. The summed E-state index contributed by atoms with van der Waals surface area (Å²) < 4.78 is 38.4. The van der Waals surface area contributed by atoms with Gasteiger partial charge in [-0.25, -0.2) is 9.78 Å². The first-order chi connectivity index (χ1) is 9.81. The van der Waals surface area contributed by atoms with Gasteiger partial charge in [0, 0.05) is 12.7 Å². The molecule has 0 bridgehead atoms. The van der Waals surface area contributed by atoms with Crippen molar-refractivity contribution in [2.45, 2.75) is 44.3 Å². The van der Waals surface area contributed by atoms with Crippen molar-refractivity contribution in [1.29, 1.82) is 0 Å². The predicted octanol–water partition coefficient (Wildman–Crippen LogP) is 3.32. The minimum atomic E-state index is -4.46. The molecular formula is C14H17F3N2O2. The van der Waals surface area contributed by atoms with E-state index in [2.05, 4.69) is 4.98 Å². The van der Waals surface area contributed by atoms with Gasteiger partial charge in [-0.1, -0.05) is 13.3 Å². The van der Waals surface area contributed by atoms with Crippen LogP contribution in [0, 0.1) is 0 Å². The van der Waals surface area contributed by atoms with Crippen LogP contribution in [0.3, 0.4) is 0 Å². The van der Waals surface area contributed by atoms with Gasteiger partial charge in [-0.05, 0) is 31.4 Å². The fraction of sp³-hybridized carbons (Fsp3) is 0.571. The van der Waals surface area contributed by atoms with E-state index in [-0.39, 0.29) is 5.82 Å². The molecule has 1 aromatic rings. The van der Waals surface area contributed by atoms with Crippen molar-refractivity contribution >= 4 is 11.8 Å². The van der Waals surface area contributed by atoms with E-state index < -0.39 is 23.2 Å². The quantitative estimate of drug-likeness (QED) is 0.927. The van der Waals surface area contributed by atoms with Crippen LogP contribution in [0.25, 0.3) is 0 Å². The predicted molar refractivity (Wildman–Crippen MR) is 71.1 cm³/mol. The van der Waals surface area contributed by atoms with Gasteiger partial charge in [-0.15, -0.1) is 0 Å². The molecule has 1 saturated heterocycles. The van der Waals surface area contributed by atoms with Gasteiger partial charge in [-0.3, -0.25) is 0 Å². The molecule has 1 unspecified atom stereocenters. The van der Waals surface area contributed by atoms with Crippen LogP contribution in [0.2, 0.25) is 0 Å². The Hall–Kier alpha value is -1.79. The first-order valence-corrected chi connectivity index (χ1v) is 6.85. The van der Waals surface area contributed by atoms with Gasteiger partial charge < -0.3 is 10.0 Å². The maximum Gasteiger partial charge on any atom is 0.416 e. The topological polar surface area (TPSA) is 53.4 Å². The molecule has 116 valence electrons. The molecule has 1 atom stereocenters. The zero-order valence-electron chi connectivity index (χ0n) is 11.7. The Morgan fingerprint density at radius 1 is 1.52 bits per heavy atom. The number of anilines is 1. The van der Waals surface area contributed by atoms with Gasteiger partial charge in [0.2, 0.25) is 0 Å². The minimum Gasteiger partial charge on any atom is -0.479 e. The van der Waals surface area contributed by atoms with Crippen LogP contribution in [0.5, 0.6) is 0 Å². The highest BCUT2D eigenvalue weighted by Crippen LogP contribution is 2.39. The molecule has 0 amide bonds. The summed E-state index contributed by atoms with van der Waals surface area (Å²) in [4.78, 5) is 17.2. The Balaban J connectivity index is 2.42. The van der Waals surface area contributed by atoms with Crippen molar-refractivity contribution in [2.75, 3.05) is 11.4 Å². The van der Waals surface area contributed by atoms with E-state index in [1.54, 1.807) is 0 Å². The molecule has 2 heterocycles. The molecule has 21 heavy (non-hydrogen) atoms. The number of aliphatic carboxylic acids is 1. The number of hydrogen-bond donors (Lipinski definition) is 1. The largest absolute Gasteiger partial charge is 0.479 e. The molecule has 1 N–H and O–H groups in total. The van der Waals surface area contributed by atoms with Crippen LogP contribution >= 0.6 is 0 Å². The molecule has 0 radical (unpaired) electrons. The second-order valence-corrected chi connectivity index (χ2v) is 5.24. The molecule has 2 rings (SSSR count). The molecule has 4 nitrogen and oxygen atoms in total. The molecule has 1 aliphatic heterocycles. The van der Waals surface area contributed by atoms with Gasteiger partial charge >= 0.3 is 12.1 Å². The smallest absolute Gasteiger partial charge is 0.416 e. The number of rotatable bonds is 4. The van der Waals surface area contributed by atoms with Gasteiger partial charge in [0.25, 0.3) is 0 Å². The number of aromatic nitrogens is 1. The molecule has 7 heteroatoms. The van der Waals surface area contributed by atoms with Crippen LogP contribution in [-0.4, -0.2) is 28.1 Å². The summed E-state index contributed by atoms with van der Waals surface area (Å²) in [6, 6.07) is 1.82. The number of pyridine rings is 1. The van der Waals surface area contributed by atoms with E-state index in [0.717, 1.165) is 18.3 Å². The Morgan fingerprint density at radius 2 is 2.24 bits per heavy atom. The highest BCUT2D eigenvalue weighted by atomic mass is 19.4. The Labute approximate surface area is 120 Å². The summed E-state index contributed by atoms with van der Waals surface area (Å²) in [6.45, 7) is 2.27. The van der Waals surface area contributed by atoms with Gasteiger partial charge in [-0.2, -0.15) is 13.2 Å². The average Bonchev–Trinajstić information content (AvgIpc) is 2.83. The number of hydrogen-bond acceptors (Lipinski definition) is 3. The van der Waals surface area contributed by atoms with Gasteiger partial charge in [0.1, 0.15) is 11.4 Å². The summed E-state index contributed by atoms with van der Waals surface area (Å²) in [7, 11) is 0. The molecule has 0 aromatic carbocycles. The normalized spacial score (nSPS) is 22.6. The Kier molecular flexibility index (Phi) is 4.11. The van der Waals surface area contributed by atoms with Crippen molar-refractivity contribution in [3.8, 4) is 0 Å². The minimum absolute atomic E-state index is 0.0816. The third-order valence-corrected chi connectivity index (χ3v) is 3.90. The Morgan fingerprint density at radius 3 is 2.81 bits per heavy atom. The van der Waals surface area contributed by atoms with E-state index in [4.69, 9.17) is 0 Å². The number of carboxylic acid groups (broad SMARTS) is 1. The summed E-state index contributed by atoms with van der Waals surface area (Å²) in [5.74, 6) is -0.917. The monoisotopic (exact) mass is 302 g/mol. The SMILES string of the molecule is CCCC1(C(=O)O)CCCN1c1cc(C(F)(F)F)ccn1. The number of alkyl halides is 3. The first-order valence-electron chi connectivity index (χ1n) is 6.85. The lowest BCUT2D eigenvalue weighted by Gasteiger charge is -2.35. The molecule has 0 saturated carbocycles. The summed E-state index contributed by atoms with van der Waals surface area (Å²) in [6.07, 6.45) is -1.30. The van der Waals surface area contributed by atoms with Crippen molar-refractivity contribution in [3.05, 3.63) is 23.9 Å². The van der Waals surface area contributed by atoms with Crippen LogP contribution in [0.1, 0.15) is 38.2 Å². The molecule has 1 aliphatic rings. The highest BCUT2D eigenvalue weighted by Gasteiger charge is 2.47. The number of carbonyl (C=O) groups is 1. The van der Waals surface area contributed by atoms with E-state index in [1.165, 1.54) is 4.90 Å². The lowest BCUT2D eigenvalue weighted by Crippen LogP contribution is -2.51. The third-order valence-electron chi connectivity index (χ3n) is 3.90. The first kappa shape index (κ1) is 15.6. The fourth-order valence-electron chi connectivity index (χ4n) is 2.96. The van der Waals surface area contributed by atoms with Gasteiger partial charge in [0.15, 0.2) is 0 Å². The van der Waals surface area contributed by atoms with Crippen molar-refractivity contribution in [3.63, 3.8) is 0 Å². The van der Waals surface area contributed by atoms with Crippen molar-refractivity contribution in [1.82, 2.24) is 4.98 Å². The van der Waals surface area contributed by atoms with Crippen molar-refractivity contribution in [2.24, 2.45) is 0 Å². The third kappa shape index (κ3) is 2.82. The maximum atomic E-state index is 12.8. The summed E-state index contributed by atoms with van der Waals surface area (Å²) in [5.41, 5.74) is -1.96. The summed E-state index contributed by atoms with van der Waals surface area (Å²) in [5, 5.41) is 9.56.